The van der Waals surface area contributed by atoms with Crippen LogP contribution < -0.4 is 16.0 Å². The Labute approximate surface area is 133 Å². The van der Waals surface area contributed by atoms with Crippen LogP contribution in [0.3, 0.4) is 0 Å². The van der Waals surface area contributed by atoms with Gasteiger partial charge in [0.2, 0.25) is 5.88 Å². The number of allylic oxidation sites excluding steroid dienone is 1. The fraction of sp³-hybridized carbons (Fsp3) is 0.235. The average molecular weight is 308 g/mol. The Morgan fingerprint density at radius 1 is 1.52 bits per heavy atom. The van der Waals surface area contributed by atoms with Crippen molar-refractivity contribution in [3.05, 3.63) is 69.2 Å². The first-order valence-corrected chi connectivity index (χ1v) is 7.30. The number of nitrogens with two attached hydrogens (primary N) is 1. The monoisotopic (exact) mass is 308 g/mol. The minimum Gasteiger partial charge on any atom is -0.440 e. The fourth-order valence-corrected chi connectivity index (χ4v) is 2.96. The first-order valence-electron chi connectivity index (χ1n) is 7.30. The number of nitrogens with zero attached hydrogens (tertiary/aromatic N) is 3. The van der Waals surface area contributed by atoms with Crippen LogP contribution in [-0.4, -0.2) is 9.55 Å². The summed E-state index contributed by atoms with van der Waals surface area (Å²) in [6.07, 6.45) is 3.28. The molecule has 1 aliphatic heterocycles. The number of fused-ring (bicyclic) bond motifs is 1. The first-order chi connectivity index (χ1) is 11.1. The van der Waals surface area contributed by atoms with Gasteiger partial charge in [-0.1, -0.05) is 6.07 Å². The van der Waals surface area contributed by atoms with Gasteiger partial charge in [0, 0.05) is 30.7 Å². The Kier molecular flexibility index (Phi) is 3.62. The highest BCUT2D eigenvalue weighted by Crippen LogP contribution is 2.40. The zero-order valence-electron chi connectivity index (χ0n) is 12.9. The number of nitriles is 1. The second-order valence-electron chi connectivity index (χ2n) is 5.32. The number of ether oxygens (including phenoxy) is 1. The molecule has 0 aliphatic carbocycles. The fourth-order valence-electron chi connectivity index (χ4n) is 2.96. The summed E-state index contributed by atoms with van der Waals surface area (Å²) in [5.74, 6) is -0.132. The predicted octanol–water partition coefficient (Wildman–Crippen LogP) is 1.79. The van der Waals surface area contributed by atoms with Crippen molar-refractivity contribution < 1.29 is 4.74 Å². The molecule has 0 amide bonds. The van der Waals surface area contributed by atoms with E-state index < -0.39 is 5.92 Å². The van der Waals surface area contributed by atoms with E-state index in [2.05, 4.69) is 11.1 Å². The van der Waals surface area contributed by atoms with E-state index in [0.29, 0.717) is 17.9 Å². The summed E-state index contributed by atoms with van der Waals surface area (Å²) >= 11 is 0. The second kappa shape index (κ2) is 5.61. The topological polar surface area (TPSA) is 93.9 Å². The molecule has 0 fully saturated rings. The molecule has 6 heteroatoms. The van der Waals surface area contributed by atoms with Crippen LogP contribution in [0.2, 0.25) is 0 Å². The highest BCUT2D eigenvalue weighted by Gasteiger charge is 2.34. The van der Waals surface area contributed by atoms with E-state index >= 15 is 0 Å². The lowest BCUT2D eigenvalue weighted by Crippen LogP contribution is -2.32. The molecule has 2 aromatic rings. The van der Waals surface area contributed by atoms with Crippen LogP contribution >= 0.6 is 0 Å². The zero-order valence-corrected chi connectivity index (χ0v) is 12.9. The maximum Gasteiger partial charge on any atom is 0.258 e. The van der Waals surface area contributed by atoms with Gasteiger partial charge in [0.15, 0.2) is 0 Å². The Bertz CT molecular complexity index is 891. The van der Waals surface area contributed by atoms with Gasteiger partial charge in [-0.15, -0.1) is 0 Å². The summed E-state index contributed by atoms with van der Waals surface area (Å²) in [5.41, 5.74) is 7.92. The van der Waals surface area contributed by atoms with E-state index in [1.54, 1.807) is 29.1 Å². The molecule has 3 rings (SSSR count). The number of hydrogen-bond acceptors (Lipinski definition) is 5. The highest BCUT2D eigenvalue weighted by molar-refractivity contribution is 5.54. The molecule has 23 heavy (non-hydrogen) atoms. The van der Waals surface area contributed by atoms with Crippen LogP contribution in [0.5, 0.6) is 5.75 Å². The van der Waals surface area contributed by atoms with Gasteiger partial charge in [-0.2, -0.15) is 5.26 Å². The Balaban J connectivity index is 2.35. The minimum atomic E-state index is -0.566. The number of aryl methyl sites for hydroxylation is 1. The maximum absolute atomic E-state index is 12.9. The first kappa shape index (κ1) is 14.9. The molecule has 0 aromatic carbocycles. The molecule has 116 valence electrons. The van der Waals surface area contributed by atoms with Gasteiger partial charge < -0.3 is 15.0 Å². The molecule has 0 radical (unpaired) electrons. The van der Waals surface area contributed by atoms with Gasteiger partial charge in [-0.25, -0.2) is 0 Å². The molecular weight excluding hydrogens is 292 g/mol. The van der Waals surface area contributed by atoms with E-state index in [9.17, 15) is 10.1 Å². The zero-order chi connectivity index (χ0) is 16.6. The van der Waals surface area contributed by atoms with Crippen LogP contribution in [0.1, 0.15) is 29.7 Å². The SMILES string of the molecule is CCn1c(C)cc2c(c1=O)[C@@H](c1cccnc1)C(C#N)=C(N)O2. The van der Waals surface area contributed by atoms with Crippen molar-refractivity contribution in [2.45, 2.75) is 26.3 Å². The Morgan fingerprint density at radius 2 is 2.30 bits per heavy atom. The largest absolute Gasteiger partial charge is 0.440 e. The maximum atomic E-state index is 12.9. The van der Waals surface area contributed by atoms with Crippen LogP contribution in [0.4, 0.5) is 0 Å². The number of hydrogen-bond donors (Lipinski definition) is 1. The van der Waals surface area contributed by atoms with Crippen molar-refractivity contribution >= 4 is 0 Å². The summed E-state index contributed by atoms with van der Waals surface area (Å²) in [6, 6.07) is 7.45. The van der Waals surface area contributed by atoms with Crippen LogP contribution in [-0.2, 0) is 6.54 Å². The molecule has 2 N–H and O–H groups in total. The summed E-state index contributed by atoms with van der Waals surface area (Å²) in [7, 11) is 0. The minimum absolute atomic E-state index is 0.0295. The molecule has 0 bridgehead atoms. The lowest BCUT2D eigenvalue weighted by atomic mass is 9.85. The molecule has 3 heterocycles. The lowest BCUT2D eigenvalue weighted by molar-refractivity contribution is 0.388. The molecule has 0 unspecified atom stereocenters. The van der Waals surface area contributed by atoms with Gasteiger partial charge in [0.25, 0.3) is 5.56 Å². The van der Waals surface area contributed by atoms with Gasteiger partial charge in [-0.3, -0.25) is 9.78 Å². The van der Waals surface area contributed by atoms with E-state index in [1.165, 1.54) is 0 Å². The number of rotatable bonds is 2. The number of aromatic nitrogens is 2. The molecule has 0 saturated carbocycles. The van der Waals surface area contributed by atoms with Gasteiger partial charge in [0.1, 0.15) is 17.4 Å². The molecule has 1 aliphatic rings. The van der Waals surface area contributed by atoms with E-state index in [0.717, 1.165) is 11.3 Å². The predicted molar refractivity (Wildman–Crippen MR) is 84.6 cm³/mol. The van der Waals surface area contributed by atoms with E-state index in [1.807, 2.05) is 19.9 Å². The van der Waals surface area contributed by atoms with Crippen LogP contribution in [0.25, 0.3) is 0 Å². The van der Waals surface area contributed by atoms with Crippen molar-refractivity contribution in [2.75, 3.05) is 0 Å². The smallest absolute Gasteiger partial charge is 0.258 e. The molecule has 2 aromatic heterocycles. The Morgan fingerprint density at radius 3 is 2.91 bits per heavy atom. The van der Waals surface area contributed by atoms with Gasteiger partial charge in [0.05, 0.1) is 11.5 Å². The van der Waals surface area contributed by atoms with Crippen molar-refractivity contribution in [3.8, 4) is 11.8 Å². The van der Waals surface area contributed by atoms with Crippen LogP contribution in [0.15, 0.2) is 46.8 Å². The van der Waals surface area contributed by atoms with Crippen molar-refractivity contribution in [3.63, 3.8) is 0 Å². The lowest BCUT2D eigenvalue weighted by Gasteiger charge is -2.26. The van der Waals surface area contributed by atoms with Crippen LogP contribution in [0, 0.1) is 18.3 Å². The molecule has 6 nitrogen and oxygen atoms in total. The van der Waals surface area contributed by atoms with Crippen molar-refractivity contribution in [1.29, 1.82) is 5.26 Å². The number of pyridine rings is 2. The summed E-state index contributed by atoms with van der Waals surface area (Å²) in [5, 5.41) is 9.49. The van der Waals surface area contributed by atoms with Crippen molar-refractivity contribution in [2.24, 2.45) is 5.73 Å². The summed E-state index contributed by atoms with van der Waals surface area (Å²) in [6.45, 7) is 4.28. The second-order valence-corrected chi connectivity index (χ2v) is 5.32. The molecule has 0 spiro atoms. The third-order valence-corrected chi connectivity index (χ3v) is 4.02. The van der Waals surface area contributed by atoms with E-state index in [4.69, 9.17) is 10.5 Å². The average Bonchev–Trinajstić information content (AvgIpc) is 2.54. The standard InChI is InChI=1S/C17H16N4O2/c1-3-21-10(2)7-13-15(17(21)22)14(11-5-4-6-20-9-11)12(8-18)16(19)23-13/h4-7,9,14H,3,19H2,1-2H3/t14-/m0/s1. The summed E-state index contributed by atoms with van der Waals surface area (Å²) < 4.78 is 7.20. The van der Waals surface area contributed by atoms with E-state index in [-0.39, 0.29) is 17.0 Å². The molecule has 1 atom stereocenters. The third kappa shape index (κ3) is 2.27. The summed E-state index contributed by atoms with van der Waals surface area (Å²) in [4.78, 5) is 17.0. The normalized spacial score (nSPS) is 16.5. The molecular formula is C17H16N4O2. The highest BCUT2D eigenvalue weighted by atomic mass is 16.5. The van der Waals surface area contributed by atoms with Crippen molar-refractivity contribution in [1.82, 2.24) is 9.55 Å². The third-order valence-electron chi connectivity index (χ3n) is 4.02. The molecule has 0 saturated heterocycles. The Hall–Kier alpha value is -3.07. The quantitative estimate of drug-likeness (QED) is 0.912. The van der Waals surface area contributed by atoms with Gasteiger partial charge in [-0.05, 0) is 25.5 Å². The van der Waals surface area contributed by atoms with Gasteiger partial charge >= 0.3 is 0 Å².